The molecule has 0 aliphatic heterocycles. The molecule has 0 bridgehead atoms. The number of ether oxygens (including phenoxy) is 2. The Hall–Kier alpha value is -2.01. The molecule has 122 valence electrons. The minimum Gasteiger partial charge on any atom is -0.496 e. The fourth-order valence-electron chi connectivity index (χ4n) is 2.26. The summed E-state index contributed by atoms with van der Waals surface area (Å²) in [5.74, 6) is 1.23. The summed E-state index contributed by atoms with van der Waals surface area (Å²) in [7, 11) is 1.62. The van der Waals surface area contributed by atoms with Gasteiger partial charge in [0.2, 0.25) is 0 Å². The van der Waals surface area contributed by atoms with E-state index in [1.54, 1.807) is 7.11 Å². The van der Waals surface area contributed by atoms with Crippen LogP contribution in [0.4, 0.5) is 0 Å². The van der Waals surface area contributed by atoms with Crippen LogP contribution in [0.25, 0.3) is 0 Å². The van der Waals surface area contributed by atoms with Crippen molar-refractivity contribution in [2.45, 2.75) is 19.9 Å². The van der Waals surface area contributed by atoms with Gasteiger partial charge in [0.25, 0.3) is 5.91 Å². The molecule has 0 aliphatic carbocycles. The third-order valence-corrected chi connectivity index (χ3v) is 3.89. The molecule has 2 aromatic rings. The minimum atomic E-state index is -0.180. The van der Waals surface area contributed by atoms with Crippen molar-refractivity contribution in [2.24, 2.45) is 0 Å². The highest BCUT2D eigenvalue weighted by atomic mass is 79.9. The van der Waals surface area contributed by atoms with E-state index in [2.05, 4.69) is 21.2 Å². The first-order chi connectivity index (χ1) is 11.0. The van der Waals surface area contributed by atoms with Crippen molar-refractivity contribution >= 4 is 21.8 Å². The number of nitrogens with one attached hydrogen (secondary N) is 1. The normalized spacial score (nSPS) is 11.7. The molecule has 0 heterocycles. The molecular weight excluding hydrogens is 358 g/mol. The van der Waals surface area contributed by atoms with Gasteiger partial charge >= 0.3 is 0 Å². The van der Waals surface area contributed by atoms with Crippen molar-refractivity contribution in [1.82, 2.24) is 5.32 Å². The molecule has 1 N–H and O–H groups in total. The standard InChI is InChI=1S/C18H20BrNO3/c1-12-7-8-17(22-3)16(9-12)13(2)20-18(21)11-23-15-6-4-5-14(19)10-15/h4-10,13H,11H2,1-3H3,(H,20,21)/t13-/m0/s1. The molecule has 0 unspecified atom stereocenters. The molecule has 2 rings (SSSR count). The van der Waals surface area contributed by atoms with Crippen molar-refractivity contribution in [3.05, 3.63) is 58.1 Å². The van der Waals surface area contributed by atoms with Crippen LogP contribution < -0.4 is 14.8 Å². The third kappa shape index (κ3) is 4.99. The Morgan fingerprint density at radius 3 is 2.74 bits per heavy atom. The molecule has 0 aromatic heterocycles. The van der Waals surface area contributed by atoms with Gasteiger partial charge in [0.05, 0.1) is 13.2 Å². The van der Waals surface area contributed by atoms with Gasteiger partial charge in [0.1, 0.15) is 11.5 Å². The molecule has 0 radical (unpaired) electrons. The molecule has 1 amide bonds. The molecule has 0 saturated carbocycles. The summed E-state index contributed by atoms with van der Waals surface area (Å²) in [5, 5.41) is 2.93. The van der Waals surface area contributed by atoms with Crippen LogP contribution in [-0.4, -0.2) is 19.6 Å². The second-order valence-electron chi connectivity index (χ2n) is 5.28. The Morgan fingerprint density at radius 1 is 1.26 bits per heavy atom. The summed E-state index contributed by atoms with van der Waals surface area (Å²) in [6.07, 6.45) is 0. The minimum absolute atomic E-state index is 0.0328. The molecular formula is C18H20BrNO3. The fraction of sp³-hybridized carbons (Fsp3) is 0.278. The predicted molar refractivity (Wildman–Crippen MR) is 93.9 cm³/mol. The highest BCUT2D eigenvalue weighted by Crippen LogP contribution is 2.26. The summed E-state index contributed by atoms with van der Waals surface area (Å²) in [6, 6.07) is 13.1. The molecule has 4 nitrogen and oxygen atoms in total. The lowest BCUT2D eigenvalue weighted by molar-refractivity contribution is -0.123. The first kappa shape index (κ1) is 17.3. The maximum absolute atomic E-state index is 12.1. The number of carbonyl (C=O) groups is 1. The summed E-state index contributed by atoms with van der Waals surface area (Å²) < 4.78 is 11.8. The van der Waals surface area contributed by atoms with Crippen molar-refractivity contribution in [3.63, 3.8) is 0 Å². The number of rotatable bonds is 6. The maximum atomic E-state index is 12.1. The lowest BCUT2D eigenvalue weighted by Gasteiger charge is -2.18. The fourth-order valence-corrected chi connectivity index (χ4v) is 2.64. The SMILES string of the molecule is COc1ccc(C)cc1[C@H](C)NC(=O)COc1cccc(Br)c1. The van der Waals surface area contributed by atoms with Crippen molar-refractivity contribution < 1.29 is 14.3 Å². The Balaban J connectivity index is 1.96. The average molecular weight is 378 g/mol. The second-order valence-corrected chi connectivity index (χ2v) is 6.20. The molecule has 0 saturated heterocycles. The molecule has 5 heteroatoms. The van der Waals surface area contributed by atoms with Crippen LogP contribution in [0, 0.1) is 6.92 Å². The van der Waals surface area contributed by atoms with Gasteiger partial charge in [-0.2, -0.15) is 0 Å². The smallest absolute Gasteiger partial charge is 0.258 e. The van der Waals surface area contributed by atoms with E-state index in [0.717, 1.165) is 21.3 Å². The van der Waals surface area contributed by atoms with Gasteiger partial charge in [-0.05, 0) is 38.1 Å². The first-order valence-electron chi connectivity index (χ1n) is 7.32. The van der Waals surface area contributed by atoms with Crippen LogP contribution in [-0.2, 0) is 4.79 Å². The lowest BCUT2D eigenvalue weighted by atomic mass is 10.0. The molecule has 0 fully saturated rings. The zero-order valence-corrected chi connectivity index (χ0v) is 15.0. The Morgan fingerprint density at radius 2 is 2.04 bits per heavy atom. The number of benzene rings is 2. The van der Waals surface area contributed by atoms with Gasteiger partial charge in [0, 0.05) is 10.0 Å². The van der Waals surface area contributed by atoms with E-state index in [-0.39, 0.29) is 18.6 Å². The zero-order valence-electron chi connectivity index (χ0n) is 13.4. The summed E-state index contributed by atoms with van der Waals surface area (Å²) in [4.78, 5) is 12.1. The topological polar surface area (TPSA) is 47.6 Å². The monoisotopic (exact) mass is 377 g/mol. The van der Waals surface area contributed by atoms with Gasteiger partial charge in [-0.1, -0.05) is 39.7 Å². The number of amides is 1. The number of hydrogen-bond donors (Lipinski definition) is 1. The van der Waals surface area contributed by atoms with Crippen LogP contribution in [0.1, 0.15) is 24.1 Å². The summed E-state index contributed by atoms with van der Waals surface area (Å²) in [5.41, 5.74) is 2.07. The average Bonchev–Trinajstić information content (AvgIpc) is 2.53. The van der Waals surface area contributed by atoms with E-state index in [0.29, 0.717) is 5.75 Å². The van der Waals surface area contributed by atoms with E-state index in [1.165, 1.54) is 0 Å². The van der Waals surface area contributed by atoms with Crippen LogP contribution in [0.3, 0.4) is 0 Å². The number of methoxy groups -OCH3 is 1. The molecule has 0 aliphatic rings. The van der Waals surface area contributed by atoms with Crippen LogP contribution >= 0.6 is 15.9 Å². The zero-order chi connectivity index (χ0) is 16.8. The molecule has 2 aromatic carbocycles. The van der Waals surface area contributed by atoms with E-state index < -0.39 is 0 Å². The first-order valence-corrected chi connectivity index (χ1v) is 8.11. The number of aryl methyl sites for hydroxylation is 1. The molecule has 1 atom stereocenters. The summed E-state index contributed by atoms with van der Waals surface area (Å²) in [6.45, 7) is 3.90. The molecule has 0 spiro atoms. The number of hydrogen-bond acceptors (Lipinski definition) is 3. The van der Waals surface area contributed by atoms with Crippen molar-refractivity contribution in [1.29, 1.82) is 0 Å². The maximum Gasteiger partial charge on any atom is 0.258 e. The van der Waals surface area contributed by atoms with E-state index in [1.807, 2.05) is 56.3 Å². The Labute approximate surface area is 144 Å². The third-order valence-electron chi connectivity index (χ3n) is 3.40. The highest BCUT2D eigenvalue weighted by molar-refractivity contribution is 9.10. The Bertz CT molecular complexity index is 688. The van der Waals surface area contributed by atoms with Crippen LogP contribution in [0.2, 0.25) is 0 Å². The van der Waals surface area contributed by atoms with E-state index in [9.17, 15) is 4.79 Å². The van der Waals surface area contributed by atoms with Crippen molar-refractivity contribution in [3.8, 4) is 11.5 Å². The van der Waals surface area contributed by atoms with E-state index in [4.69, 9.17) is 9.47 Å². The number of halogens is 1. The van der Waals surface area contributed by atoms with Gasteiger partial charge in [-0.25, -0.2) is 0 Å². The van der Waals surface area contributed by atoms with E-state index >= 15 is 0 Å². The Kier molecular flexibility index (Phi) is 6.04. The molecule has 23 heavy (non-hydrogen) atoms. The lowest BCUT2D eigenvalue weighted by Crippen LogP contribution is -2.31. The van der Waals surface area contributed by atoms with Crippen LogP contribution in [0.5, 0.6) is 11.5 Å². The van der Waals surface area contributed by atoms with Crippen molar-refractivity contribution in [2.75, 3.05) is 13.7 Å². The van der Waals surface area contributed by atoms with Gasteiger partial charge in [-0.15, -0.1) is 0 Å². The number of carbonyl (C=O) groups excluding carboxylic acids is 1. The van der Waals surface area contributed by atoms with Gasteiger partial charge in [-0.3, -0.25) is 4.79 Å². The van der Waals surface area contributed by atoms with Gasteiger partial charge < -0.3 is 14.8 Å². The second kappa shape index (κ2) is 8.02. The van der Waals surface area contributed by atoms with Gasteiger partial charge in [0.15, 0.2) is 6.61 Å². The highest BCUT2D eigenvalue weighted by Gasteiger charge is 2.14. The summed E-state index contributed by atoms with van der Waals surface area (Å²) >= 11 is 3.37. The largest absolute Gasteiger partial charge is 0.496 e. The predicted octanol–water partition coefficient (Wildman–Crippen LogP) is 4.02. The quantitative estimate of drug-likeness (QED) is 0.826. The van der Waals surface area contributed by atoms with Crippen LogP contribution in [0.15, 0.2) is 46.9 Å².